The molecule has 12 nitrogen and oxygen atoms in total. The van der Waals surface area contributed by atoms with Crippen LogP contribution in [0.4, 0.5) is 11.4 Å². The average Bonchev–Trinajstić information content (AvgIpc) is 2.84. The Hall–Kier alpha value is -3.90. The van der Waals surface area contributed by atoms with Crippen LogP contribution in [0.1, 0.15) is 25.7 Å². The van der Waals surface area contributed by atoms with Crippen molar-refractivity contribution >= 4 is 58.4 Å². The summed E-state index contributed by atoms with van der Waals surface area (Å²) in [7, 11) is 0. The number of anilines is 2. The van der Waals surface area contributed by atoms with Crippen LogP contribution in [0.3, 0.4) is 0 Å². The Bertz CT molecular complexity index is 943. The predicted octanol–water partition coefficient (Wildman–Crippen LogP) is 2.71. The zero-order valence-electron chi connectivity index (χ0n) is 19.7. The molecule has 0 bridgehead atoms. The number of rotatable bonds is 9. The van der Waals surface area contributed by atoms with Crippen molar-refractivity contribution in [3.8, 4) is 0 Å². The lowest BCUT2D eigenvalue weighted by Gasteiger charge is -2.27. The summed E-state index contributed by atoms with van der Waals surface area (Å²) < 4.78 is 0. The van der Waals surface area contributed by atoms with Gasteiger partial charge in [-0.25, -0.2) is 0 Å². The molecule has 0 aliphatic rings. The van der Waals surface area contributed by atoms with Gasteiger partial charge in [0, 0.05) is 34.5 Å². The number of guanidine groups is 4. The fourth-order valence-corrected chi connectivity index (χ4v) is 3.52. The lowest BCUT2D eigenvalue weighted by molar-refractivity contribution is 0.640. The molecule has 194 valence electrons. The van der Waals surface area contributed by atoms with Gasteiger partial charge in [-0.05, 0) is 61.4 Å². The van der Waals surface area contributed by atoms with E-state index in [0.717, 1.165) is 37.1 Å². The van der Waals surface area contributed by atoms with E-state index in [1.54, 1.807) is 34.1 Å². The molecule has 0 amide bonds. The van der Waals surface area contributed by atoms with E-state index < -0.39 is 0 Å². The number of benzene rings is 2. The van der Waals surface area contributed by atoms with Gasteiger partial charge in [0.15, 0.2) is 0 Å². The maximum atomic E-state index is 8.32. The first-order chi connectivity index (χ1) is 17.2. The predicted molar refractivity (Wildman–Crippen MR) is 148 cm³/mol. The summed E-state index contributed by atoms with van der Waals surface area (Å²) in [4.78, 5) is 3.53. The van der Waals surface area contributed by atoms with Gasteiger partial charge in [-0.1, -0.05) is 36.0 Å². The topological polar surface area (TPSA) is 202 Å². The molecule has 0 heterocycles. The number of halogens is 2. The molecule has 0 unspecified atom stereocenters. The Labute approximate surface area is 220 Å². The number of nitrogens with two attached hydrogens (primary N) is 2. The minimum absolute atomic E-state index is 0.0546. The average molecular weight is 535 g/mol. The van der Waals surface area contributed by atoms with Crippen molar-refractivity contribution in [2.45, 2.75) is 25.7 Å². The normalized spacial score (nSPS) is 10.2. The zero-order chi connectivity index (χ0) is 26.5. The molecule has 36 heavy (non-hydrogen) atoms. The van der Waals surface area contributed by atoms with Crippen molar-refractivity contribution in [3.63, 3.8) is 0 Å². The van der Waals surface area contributed by atoms with Crippen LogP contribution >= 0.6 is 23.2 Å². The maximum absolute atomic E-state index is 8.32. The van der Waals surface area contributed by atoms with Crippen molar-refractivity contribution in [1.82, 2.24) is 21.7 Å². The highest BCUT2D eigenvalue weighted by molar-refractivity contribution is 6.31. The second kappa shape index (κ2) is 14.5. The minimum atomic E-state index is -0.292. The van der Waals surface area contributed by atoms with Crippen molar-refractivity contribution in [2.75, 3.05) is 22.9 Å². The minimum Gasteiger partial charge on any atom is -0.369 e. The summed E-state index contributed by atoms with van der Waals surface area (Å²) in [5, 5.41) is 32.4. The van der Waals surface area contributed by atoms with Crippen LogP contribution in [-0.4, -0.2) is 36.9 Å². The molecule has 12 N–H and O–H groups in total. The van der Waals surface area contributed by atoms with Crippen LogP contribution in [0.5, 0.6) is 0 Å². The van der Waals surface area contributed by atoms with E-state index in [1.807, 2.05) is 24.3 Å². The number of hydrazine groups is 2. The number of nitrogens with one attached hydrogen (secondary N) is 8. The summed E-state index contributed by atoms with van der Waals surface area (Å²) in [6.07, 6.45) is 3.38. The molecule has 14 heteroatoms. The number of unbranched alkanes of at least 4 members (excludes halogenated alkanes) is 3. The van der Waals surface area contributed by atoms with E-state index in [1.165, 1.54) is 0 Å². The molecule has 2 rings (SSSR count). The van der Waals surface area contributed by atoms with E-state index in [9.17, 15) is 0 Å². The van der Waals surface area contributed by atoms with Crippen LogP contribution in [0.15, 0.2) is 48.5 Å². The zero-order valence-corrected chi connectivity index (χ0v) is 21.2. The highest BCUT2D eigenvalue weighted by Crippen LogP contribution is 2.20. The van der Waals surface area contributed by atoms with E-state index in [-0.39, 0.29) is 23.8 Å². The fraction of sp³-hybridized carbons (Fsp3) is 0.273. The third-order valence-corrected chi connectivity index (χ3v) is 5.46. The van der Waals surface area contributed by atoms with Crippen molar-refractivity contribution < 1.29 is 0 Å². The first-order valence-electron chi connectivity index (χ1n) is 11.1. The van der Waals surface area contributed by atoms with Gasteiger partial charge in [-0.3, -0.25) is 43.3 Å². The van der Waals surface area contributed by atoms with Crippen LogP contribution in [0.25, 0.3) is 0 Å². The lowest BCUT2D eigenvalue weighted by atomic mass is 10.1. The van der Waals surface area contributed by atoms with Gasteiger partial charge in [0.1, 0.15) is 0 Å². The van der Waals surface area contributed by atoms with E-state index in [2.05, 4.69) is 21.7 Å². The summed E-state index contributed by atoms with van der Waals surface area (Å²) >= 11 is 12.0. The first-order valence-corrected chi connectivity index (χ1v) is 11.9. The molecule has 2 aromatic rings. The van der Waals surface area contributed by atoms with Crippen molar-refractivity contribution in [1.29, 1.82) is 21.6 Å². The van der Waals surface area contributed by atoms with Crippen LogP contribution in [0.2, 0.25) is 10.0 Å². The van der Waals surface area contributed by atoms with Crippen LogP contribution < -0.4 is 43.0 Å². The van der Waals surface area contributed by atoms with Crippen molar-refractivity contribution in [2.24, 2.45) is 11.5 Å². The quantitative estimate of drug-likeness (QED) is 0.0999. The van der Waals surface area contributed by atoms with E-state index in [4.69, 9.17) is 56.3 Å². The molecule has 0 aromatic heterocycles. The summed E-state index contributed by atoms with van der Waals surface area (Å²) in [6, 6.07) is 14.3. The first kappa shape index (κ1) is 28.3. The third-order valence-electron chi connectivity index (χ3n) is 4.96. The molecule has 0 atom stereocenters. The molecular formula is C22H32Cl2N12. The van der Waals surface area contributed by atoms with Gasteiger partial charge >= 0.3 is 0 Å². The second-order valence-electron chi connectivity index (χ2n) is 7.69. The standard InChI is InChI=1S/C22H32Cl2N12/c23-15-5-9-17(10-6-15)35(21(29)33-31-19(25)26)13-3-1-2-4-14-36(22(30)34-32-20(27)28)18-11-7-16(24)8-12-18/h5-12H,1-4,13-14H2,(H2,29,33)(H2,30,34)(H4,25,26,31)(H4,27,28,32). The Morgan fingerprint density at radius 1 is 0.583 bits per heavy atom. The third kappa shape index (κ3) is 9.76. The van der Waals surface area contributed by atoms with E-state index >= 15 is 0 Å². The molecule has 0 aliphatic carbocycles. The number of hydrogen-bond acceptors (Lipinski definition) is 4. The number of hydrogen-bond donors (Lipinski definition) is 10. The van der Waals surface area contributed by atoms with Gasteiger partial charge in [-0.2, -0.15) is 0 Å². The lowest BCUT2D eigenvalue weighted by Crippen LogP contribution is -2.51. The highest BCUT2D eigenvalue weighted by atomic mass is 35.5. The van der Waals surface area contributed by atoms with Gasteiger partial charge in [0.25, 0.3) is 0 Å². The summed E-state index contributed by atoms with van der Waals surface area (Å²) in [5.41, 5.74) is 22.3. The van der Waals surface area contributed by atoms with Gasteiger partial charge in [0.05, 0.1) is 0 Å². The van der Waals surface area contributed by atoms with Crippen molar-refractivity contribution in [3.05, 3.63) is 58.6 Å². The fourth-order valence-electron chi connectivity index (χ4n) is 3.26. The molecule has 0 radical (unpaired) electrons. The monoisotopic (exact) mass is 534 g/mol. The van der Waals surface area contributed by atoms with Gasteiger partial charge in [0.2, 0.25) is 23.8 Å². The second-order valence-corrected chi connectivity index (χ2v) is 8.57. The Kier molecular flexibility index (Phi) is 11.4. The van der Waals surface area contributed by atoms with Crippen LogP contribution in [0, 0.1) is 21.6 Å². The molecule has 0 fully saturated rings. The highest BCUT2D eigenvalue weighted by Gasteiger charge is 2.14. The maximum Gasteiger partial charge on any atom is 0.214 e. The largest absolute Gasteiger partial charge is 0.369 e. The molecule has 2 aromatic carbocycles. The Balaban J connectivity index is 1.91. The molecular weight excluding hydrogens is 503 g/mol. The molecule has 0 spiro atoms. The Morgan fingerprint density at radius 2 is 0.917 bits per heavy atom. The smallest absolute Gasteiger partial charge is 0.214 e. The summed E-state index contributed by atoms with van der Waals surface area (Å²) in [5.74, 6) is -0.475. The SMILES string of the molecule is N=C(N)NNC(=N)N(CCCCCCN(C(=N)NNC(=N)N)c1ccc(Cl)cc1)c1ccc(Cl)cc1. The molecule has 0 aliphatic heterocycles. The van der Waals surface area contributed by atoms with E-state index in [0.29, 0.717) is 23.1 Å². The van der Waals surface area contributed by atoms with Gasteiger partial charge < -0.3 is 21.3 Å². The molecule has 0 saturated heterocycles. The Morgan fingerprint density at radius 3 is 1.22 bits per heavy atom. The number of nitrogens with zero attached hydrogens (tertiary/aromatic N) is 2. The van der Waals surface area contributed by atoms with Gasteiger partial charge in [-0.15, -0.1) is 0 Å². The summed E-state index contributed by atoms with van der Waals surface area (Å²) in [6.45, 7) is 1.13. The van der Waals surface area contributed by atoms with Crippen LogP contribution in [-0.2, 0) is 0 Å². The molecule has 0 saturated carbocycles.